The van der Waals surface area contributed by atoms with Gasteiger partial charge in [-0.3, -0.25) is 0 Å². The molecule has 3 rings (SSSR count). The van der Waals surface area contributed by atoms with E-state index in [9.17, 15) is 0 Å². The summed E-state index contributed by atoms with van der Waals surface area (Å²) in [6.07, 6.45) is 1.77. The van der Waals surface area contributed by atoms with Gasteiger partial charge in [0.1, 0.15) is 12.5 Å². The van der Waals surface area contributed by atoms with Crippen LogP contribution in [0.25, 0.3) is 11.3 Å². The summed E-state index contributed by atoms with van der Waals surface area (Å²) in [5.41, 5.74) is 15.1. The molecule has 0 amide bonds. The molecule has 0 aliphatic carbocycles. The third-order valence-electron chi connectivity index (χ3n) is 4.69. The van der Waals surface area contributed by atoms with Gasteiger partial charge in [-0.25, -0.2) is 9.67 Å². The average molecular weight is 425 g/mol. The van der Waals surface area contributed by atoms with Crippen LogP contribution in [0.3, 0.4) is 0 Å². The number of pyridine rings is 1. The van der Waals surface area contributed by atoms with E-state index in [1.165, 1.54) is 0 Å². The zero-order valence-corrected chi connectivity index (χ0v) is 18.5. The first kappa shape index (κ1) is 20.9. The highest BCUT2D eigenvalue weighted by Crippen LogP contribution is 2.36. The lowest BCUT2D eigenvalue weighted by atomic mass is 10.1. The van der Waals surface area contributed by atoms with E-state index in [1.807, 2.05) is 6.07 Å². The Kier molecular flexibility index (Phi) is 6.49. The van der Waals surface area contributed by atoms with Crippen molar-refractivity contribution in [3.8, 4) is 11.3 Å². The minimum Gasteiger partial charge on any atom is -0.394 e. The predicted octanol–water partition coefficient (Wildman–Crippen LogP) is 2.91. The molecule has 0 saturated carbocycles. The molecule has 0 unspecified atom stereocenters. The van der Waals surface area contributed by atoms with Gasteiger partial charge in [0.05, 0.1) is 36.5 Å². The summed E-state index contributed by atoms with van der Waals surface area (Å²) in [4.78, 5) is 6.58. The molecular formula is C18H29ClN6O2Si. The second-order valence-electron chi connectivity index (χ2n) is 8.13. The maximum atomic E-state index is 6.23. The number of nitrogens with zero attached hydrogens (tertiary/aromatic N) is 4. The Bertz CT molecular complexity index is 817. The van der Waals surface area contributed by atoms with Crippen LogP contribution in [0.15, 0.2) is 12.3 Å². The molecule has 1 aliphatic rings. The van der Waals surface area contributed by atoms with Crippen molar-refractivity contribution in [1.29, 1.82) is 0 Å². The van der Waals surface area contributed by atoms with Crippen molar-refractivity contribution in [3.63, 3.8) is 0 Å². The molecule has 0 radical (unpaired) electrons. The fourth-order valence-electron chi connectivity index (χ4n) is 3.00. The minimum atomic E-state index is -1.17. The predicted molar refractivity (Wildman–Crippen MR) is 116 cm³/mol. The van der Waals surface area contributed by atoms with Crippen molar-refractivity contribution in [3.05, 3.63) is 17.4 Å². The van der Waals surface area contributed by atoms with Crippen molar-refractivity contribution in [2.24, 2.45) is 0 Å². The van der Waals surface area contributed by atoms with Gasteiger partial charge in [-0.1, -0.05) is 31.2 Å². The number of ether oxygens (including phenoxy) is 2. The number of nitrogen functional groups attached to an aromatic ring is 2. The van der Waals surface area contributed by atoms with Crippen LogP contribution < -0.4 is 16.4 Å². The first-order chi connectivity index (χ1) is 13.3. The summed E-state index contributed by atoms with van der Waals surface area (Å²) in [7, 11) is -1.17. The van der Waals surface area contributed by atoms with Gasteiger partial charge in [0, 0.05) is 33.3 Å². The zero-order valence-electron chi connectivity index (χ0n) is 16.7. The Morgan fingerprint density at radius 3 is 2.64 bits per heavy atom. The van der Waals surface area contributed by atoms with Gasteiger partial charge in [-0.05, 0) is 12.1 Å². The second-order valence-corrected chi connectivity index (χ2v) is 14.1. The highest BCUT2D eigenvalue weighted by atomic mass is 35.5. The Balaban J connectivity index is 1.86. The summed E-state index contributed by atoms with van der Waals surface area (Å²) in [6, 6.07) is 3.05. The number of anilines is 3. The van der Waals surface area contributed by atoms with Crippen LogP contribution in [-0.2, 0) is 16.2 Å². The smallest absolute Gasteiger partial charge is 0.174 e. The van der Waals surface area contributed by atoms with Crippen LogP contribution in [-0.4, -0.2) is 55.7 Å². The standard InChI is InChI=1S/C18H29ClN6O2Si/c1-28(2,3)9-8-27-12-25-16(15(20)17(19)23-25)14-10-13(11-22-18(14)21)24-4-6-26-7-5-24/h10-11H,4-9,12,20H2,1-3H3,(H2,21,22). The molecule has 28 heavy (non-hydrogen) atoms. The zero-order chi connectivity index (χ0) is 20.3. The molecule has 1 aliphatic heterocycles. The summed E-state index contributed by atoms with van der Waals surface area (Å²) < 4.78 is 12.9. The van der Waals surface area contributed by atoms with E-state index in [-0.39, 0.29) is 11.9 Å². The van der Waals surface area contributed by atoms with E-state index < -0.39 is 8.07 Å². The summed E-state index contributed by atoms with van der Waals surface area (Å²) >= 11 is 6.22. The molecule has 0 atom stereocenters. The topological polar surface area (TPSA) is 104 Å². The van der Waals surface area contributed by atoms with Crippen LogP contribution in [0.1, 0.15) is 0 Å². The van der Waals surface area contributed by atoms with Gasteiger partial charge in [0.2, 0.25) is 0 Å². The largest absolute Gasteiger partial charge is 0.394 e. The maximum absolute atomic E-state index is 6.23. The van der Waals surface area contributed by atoms with E-state index >= 15 is 0 Å². The van der Waals surface area contributed by atoms with E-state index in [2.05, 4.69) is 34.6 Å². The second kappa shape index (κ2) is 8.69. The van der Waals surface area contributed by atoms with E-state index in [4.69, 9.17) is 32.5 Å². The van der Waals surface area contributed by atoms with Gasteiger partial charge < -0.3 is 25.8 Å². The number of rotatable bonds is 7. The highest BCUT2D eigenvalue weighted by Gasteiger charge is 2.21. The van der Waals surface area contributed by atoms with Gasteiger partial charge >= 0.3 is 0 Å². The summed E-state index contributed by atoms with van der Waals surface area (Å²) in [5.74, 6) is 0.378. The van der Waals surface area contributed by atoms with E-state index in [0.717, 1.165) is 24.8 Å². The van der Waals surface area contributed by atoms with Gasteiger partial charge in [0.15, 0.2) is 5.15 Å². The van der Waals surface area contributed by atoms with Crippen molar-refractivity contribution in [2.45, 2.75) is 32.4 Å². The number of hydrogen-bond donors (Lipinski definition) is 2. The Morgan fingerprint density at radius 1 is 1.25 bits per heavy atom. The van der Waals surface area contributed by atoms with Crippen LogP contribution in [0.4, 0.5) is 17.2 Å². The SMILES string of the molecule is C[Si](C)(C)CCOCn1nc(Cl)c(N)c1-c1cc(N2CCOCC2)cnc1N. The van der Waals surface area contributed by atoms with Crippen LogP contribution in [0.5, 0.6) is 0 Å². The highest BCUT2D eigenvalue weighted by molar-refractivity contribution is 6.76. The fraction of sp³-hybridized carbons (Fsp3) is 0.556. The molecule has 154 valence electrons. The summed E-state index contributed by atoms with van der Waals surface area (Å²) in [5, 5.41) is 4.57. The van der Waals surface area contributed by atoms with Gasteiger partial charge in [-0.15, -0.1) is 0 Å². The molecule has 2 aromatic rings. The number of halogens is 1. The van der Waals surface area contributed by atoms with Crippen LogP contribution in [0.2, 0.25) is 30.8 Å². The van der Waals surface area contributed by atoms with Crippen molar-refractivity contribution in [2.75, 3.05) is 49.3 Å². The molecule has 0 spiro atoms. The summed E-state index contributed by atoms with van der Waals surface area (Å²) in [6.45, 7) is 10.9. The lowest BCUT2D eigenvalue weighted by Crippen LogP contribution is -2.36. The van der Waals surface area contributed by atoms with Crippen molar-refractivity contribution < 1.29 is 9.47 Å². The third-order valence-corrected chi connectivity index (χ3v) is 6.67. The molecule has 0 aromatic carbocycles. The van der Waals surface area contributed by atoms with Crippen LogP contribution in [0, 0.1) is 0 Å². The Morgan fingerprint density at radius 2 is 1.96 bits per heavy atom. The first-order valence-electron chi connectivity index (χ1n) is 9.44. The normalized spacial score (nSPS) is 15.2. The first-order valence-corrected chi connectivity index (χ1v) is 13.5. The molecule has 3 heterocycles. The van der Waals surface area contributed by atoms with Crippen molar-refractivity contribution in [1.82, 2.24) is 14.8 Å². The molecule has 8 nitrogen and oxygen atoms in total. The maximum Gasteiger partial charge on any atom is 0.174 e. The van der Waals surface area contributed by atoms with E-state index in [0.29, 0.717) is 42.6 Å². The molecule has 4 N–H and O–H groups in total. The number of hydrogen-bond acceptors (Lipinski definition) is 7. The molecule has 2 aromatic heterocycles. The number of morpholine rings is 1. The lowest BCUT2D eigenvalue weighted by Gasteiger charge is -2.29. The van der Waals surface area contributed by atoms with Gasteiger partial charge in [0.25, 0.3) is 0 Å². The Hall–Kier alpha value is -1.81. The van der Waals surface area contributed by atoms with Gasteiger partial charge in [-0.2, -0.15) is 5.10 Å². The van der Waals surface area contributed by atoms with E-state index in [1.54, 1.807) is 10.9 Å². The minimum absolute atomic E-state index is 0.236. The molecule has 1 fully saturated rings. The Labute approximate surface area is 171 Å². The number of nitrogens with two attached hydrogens (primary N) is 2. The van der Waals surface area contributed by atoms with Crippen LogP contribution >= 0.6 is 11.6 Å². The molecule has 10 heteroatoms. The lowest BCUT2D eigenvalue weighted by molar-refractivity contribution is 0.0798. The quantitative estimate of drug-likeness (QED) is 0.520. The average Bonchev–Trinajstić information content (AvgIpc) is 2.93. The van der Waals surface area contributed by atoms with Crippen molar-refractivity contribution >= 4 is 36.9 Å². The molecule has 1 saturated heterocycles. The molecule has 0 bridgehead atoms. The number of aromatic nitrogens is 3. The monoisotopic (exact) mass is 424 g/mol. The fourth-order valence-corrected chi connectivity index (χ4v) is 3.94. The third kappa shape index (κ3) is 4.96. The molecular weight excluding hydrogens is 396 g/mol.